The molecule has 4 rings (SSSR count). The fraction of sp³-hybridized carbons (Fsp3) is 0.550. The molecule has 1 aliphatic heterocycles. The Hall–Kier alpha value is -2.25. The molecular weight excluding hydrogens is 344 g/mol. The molecule has 1 fully saturated rings. The summed E-state index contributed by atoms with van der Waals surface area (Å²) in [5.41, 5.74) is 2.04. The molecule has 0 N–H and O–H groups in total. The summed E-state index contributed by atoms with van der Waals surface area (Å²) in [6, 6.07) is 5.84. The molecule has 1 atom stereocenters. The Labute approximate surface area is 159 Å². The van der Waals surface area contributed by atoms with Crippen LogP contribution in [0.3, 0.4) is 0 Å². The molecule has 3 heterocycles. The van der Waals surface area contributed by atoms with Crippen LogP contribution >= 0.6 is 0 Å². The highest BCUT2D eigenvalue weighted by Gasteiger charge is 2.27. The maximum Gasteiger partial charge on any atom is 0.249 e. The highest BCUT2D eigenvalue weighted by molar-refractivity contribution is 5.77. The summed E-state index contributed by atoms with van der Waals surface area (Å²) in [5, 5.41) is 4.38. The maximum absolute atomic E-state index is 12.8. The van der Waals surface area contributed by atoms with Crippen molar-refractivity contribution in [1.29, 1.82) is 0 Å². The van der Waals surface area contributed by atoms with Gasteiger partial charge in [0, 0.05) is 25.1 Å². The number of rotatable bonds is 6. The van der Waals surface area contributed by atoms with E-state index in [1.165, 1.54) is 12.8 Å². The molecule has 7 nitrogen and oxygen atoms in total. The number of carbonyl (C=O) groups excluding carboxylic acids is 1. The maximum atomic E-state index is 12.8. The van der Waals surface area contributed by atoms with Crippen molar-refractivity contribution in [2.24, 2.45) is 0 Å². The first-order valence-corrected chi connectivity index (χ1v) is 9.68. The lowest BCUT2D eigenvalue weighted by atomic mass is 10.3. The summed E-state index contributed by atoms with van der Waals surface area (Å²) in [7, 11) is 0. The second-order valence-corrected chi connectivity index (χ2v) is 7.29. The van der Waals surface area contributed by atoms with E-state index in [2.05, 4.69) is 10.1 Å². The zero-order chi connectivity index (χ0) is 18.5. The predicted octanol–water partition coefficient (Wildman–Crippen LogP) is 2.16. The first-order valence-electron chi connectivity index (χ1n) is 9.68. The van der Waals surface area contributed by atoms with Gasteiger partial charge < -0.3 is 14.4 Å². The van der Waals surface area contributed by atoms with E-state index in [0.29, 0.717) is 26.2 Å². The topological polar surface area (TPSA) is 69.5 Å². The van der Waals surface area contributed by atoms with Crippen molar-refractivity contribution in [2.75, 3.05) is 13.2 Å². The molecule has 0 spiro atoms. The van der Waals surface area contributed by atoms with Crippen molar-refractivity contribution in [3.63, 3.8) is 0 Å². The van der Waals surface area contributed by atoms with Gasteiger partial charge in [0.05, 0.1) is 37.6 Å². The van der Waals surface area contributed by atoms with Crippen LogP contribution in [-0.4, -0.2) is 50.9 Å². The molecule has 0 saturated heterocycles. The van der Waals surface area contributed by atoms with Crippen molar-refractivity contribution in [1.82, 2.24) is 19.7 Å². The van der Waals surface area contributed by atoms with E-state index < -0.39 is 0 Å². The monoisotopic (exact) mass is 370 g/mol. The molecule has 144 valence electrons. The number of amides is 1. The molecule has 1 amide bonds. The highest BCUT2D eigenvalue weighted by atomic mass is 16.5. The second kappa shape index (κ2) is 8.63. The van der Waals surface area contributed by atoms with Crippen LogP contribution in [0.15, 0.2) is 36.8 Å². The number of aromatic nitrogens is 3. The summed E-state index contributed by atoms with van der Waals surface area (Å²) in [6.07, 6.45) is 9.97. The standard InChI is InChI=1S/C20H26N4O3/c25-20(15-27-18-5-1-2-6-18)23-11-17-7-9-22-24(17)13-19(12-23)26-14-16-4-3-8-21-10-16/h3-4,7-10,18-19H,1-2,5-6,11-15H2/t19-/m0/s1. The van der Waals surface area contributed by atoms with Gasteiger partial charge >= 0.3 is 0 Å². The number of hydrogen-bond acceptors (Lipinski definition) is 5. The van der Waals surface area contributed by atoms with Crippen LogP contribution in [0.5, 0.6) is 0 Å². The molecule has 0 radical (unpaired) electrons. The first kappa shape index (κ1) is 18.1. The minimum atomic E-state index is -0.123. The van der Waals surface area contributed by atoms with Gasteiger partial charge in [-0.25, -0.2) is 0 Å². The number of ether oxygens (including phenoxy) is 2. The molecule has 7 heteroatoms. The Morgan fingerprint density at radius 3 is 2.81 bits per heavy atom. The molecular formula is C20H26N4O3. The third kappa shape index (κ3) is 4.73. The summed E-state index contributed by atoms with van der Waals surface area (Å²) >= 11 is 0. The molecule has 0 bridgehead atoms. The van der Waals surface area contributed by atoms with Gasteiger partial charge in [0.25, 0.3) is 0 Å². The lowest BCUT2D eigenvalue weighted by Gasteiger charge is -2.25. The molecule has 1 saturated carbocycles. The third-order valence-electron chi connectivity index (χ3n) is 5.26. The minimum absolute atomic E-state index is 0.0199. The van der Waals surface area contributed by atoms with E-state index in [1.807, 2.05) is 27.8 Å². The summed E-state index contributed by atoms with van der Waals surface area (Å²) in [5.74, 6) is 0.0199. The van der Waals surface area contributed by atoms with Crippen LogP contribution in [-0.2, 0) is 34.0 Å². The van der Waals surface area contributed by atoms with E-state index in [9.17, 15) is 4.79 Å². The number of fused-ring (bicyclic) bond motifs is 1. The highest BCUT2D eigenvalue weighted by Crippen LogP contribution is 2.21. The molecule has 1 aliphatic carbocycles. The van der Waals surface area contributed by atoms with E-state index in [1.54, 1.807) is 18.6 Å². The first-order chi connectivity index (χ1) is 13.3. The fourth-order valence-corrected chi connectivity index (χ4v) is 3.74. The fourth-order valence-electron chi connectivity index (χ4n) is 3.74. The Bertz CT molecular complexity index is 743. The van der Waals surface area contributed by atoms with Crippen LogP contribution in [0.25, 0.3) is 0 Å². The van der Waals surface area contributed by atoms with Gasteiger partial charge in [0.15, 0.2) is 0 Å². The van der Waals surface area contributed by atoms with Crippen LogP contribution in [0, 0.1) is 0 Å². The van der Waals surface area contributed by atoms with Gasteiger partial charge in [-0.05, 0) is 30.5 Å². The third-order valence-corrected chi connectivity index (χ3v) is 5.26. The van der Waals surface area contributed by atoms with Gasteiger partial charge in [-0.3, -0.25) is 14.5 Å². The Morgan fingerprint density at radius 1 is 1.11 bits per heavy atom. The van der Waals surface area contributed by atoms with Crippen LogP contribution in [0.2, 0.25) is 0 Å². The molecule has 0 unspecified atom stereocenters. The molecule has 0 aromatic carbocycles. The zero-order valence-electron chi connectivity index (χ0n) is 15.5. The van der Waals surface area contributed by atoms with E-state index >= 15 is 0 Å². The van der Waals surface area contributed by atoms with Crippen molar-refractivity contribution in [3.05, 3.63) is 48.0 Å². The SMILES string of the molecule is O=C(COC1CCCC1)N1Cc2ccnn2C[C@@H](OCc2cccnc2)C1. The largest absolute Gasteiger partial charge is 0.370 e. The number of nitrogens with zero attached hydrogens (tertiary/aromatic N) is 4. The van der Waals surface area contributed by atoms with Crippen molar-refractivity contribution < 1.29 is 14.3 Å². The van der Waals surface area contributed by atoms with Gasteiger partial charge in [-0.15, -0.1) is 0 Å². The second-order valence-electron chi connectivity index (χ2n) is 7.29. The van der Waals surface area contributed by atoms with Gasteiger partial charge in [0.2, 0.25) is 5.91 Å². The van der Waals surface area contributed by atoms with E-state index in [-0.39, 0.29) is 24.7 Å². The Kier molecular flexibility index (Phi) is 5.79. The molecule has 27 heavy (non-hydrogen) atoms. The van der Waals surface area contributed by atoms with Crippen molar-refractivity contribution in [3.8, 4) is 0 Å². The van der Waals surface area contributed by atoms with E-state index in [4.69, 9.17) is 9.47 Å². The zero-order valence-corrected chi connectivity index (χ0v) is 15.5. The van der Waals surface area contributed by atoms with Gasteiger partial charge in [-0.2, -0.15) is 5.10 Å². The molecule has 2 aliphatic rings. The summed E-state index contributed by atoms with van der Waals surface area (Å²) in [4.78, 5) is 18.7. The molecule has 2 aromatic heterocycles. The summed E-state index contributed by atoms with van der Waals surface area (Å²) < 4.78 is 13.9. The number of carbonyl (C=O) groups is 1. The lowest BCUT2D eigenvalue weighted by Crippen LogP contribution is -2.39. The van der Waals surface area contributed by atoms with Crippen LogP contribution in [0.4, 0.5) is 0 Å². The van der Waals surface area contributed by atoms with Crippen molar-refractivity contribution >= 4 is 5.91 Å². The van der Waals surface area contributed by atoms with Crippen LogP contribution in [0.1, 0.15) is 36.9 Å². The number of hydrogen-bond donors (Lipinski definition) is 0. The average molecular weight is 370 g/mol. The smallest absolute Gasteiger partial charge is 0.249 e. The average Bonchev–Trinajstić information content (AvgIpc) is 3.34. The Morgan fingerprint density at radius 2 is 2.00 bits per heavy atom. The Balaban J connectivity index is 1.39. The van der Waals surface area contributed by atoms with Crippen LogP contribution < -0.4 is 0 Å². The molecule has 2 aromatic rings. The van der Waals surface area contributed by atoms with E-state index in [0.717, 1.165) is 24.1 Å². The normalized spacial score (nSPS) is 20.4. The number of pyridine rings is 1. The lowest BCUT2D eigenvalue weighted by molar-refractivity contribution is -0.140. The predicted molar refractivity (Wildman–Crippen MR) is 98.7 cm³/mol. The van der Waals surface area contributed by atoms with Crippen molar-refractivity contribution in [2.45, 2.75) is 57.6 Å². The quantitative estimate of drug-likeness (QED) is 0.779. The minimum Gasteiger partial charge on any atom is -0.370 e. The van der Waals surface area contributed by atoms with Gasteiger partial charge in [-0.1, -0.05) is 18.9 Å². The summed E-state index contributed by atoms with van der Waals surface area (Å²) in [6.45, 7) is 2.33. The van der Waals surface area contributed by atoms with Gasteiger partial charge in [0.1, 0.15) is 6.61 Å².